The molecule has 6 heteroatoms. The van der Waals surface area contributed by atoms with Gasteiger partial charge in [0.1, 0.15) is 0 Å². The van der Waals surface area contributed by atoms with Crippen LogP contribution >= 0.6 is 0 Å². The Morgan fingerprint density at radius 1 is 1.26 bits per heavy atom. The van der Waals surface area contributed by atoms with Gasteiger partial charge in [0.15, 0.2) is 0 Å². The van der Waals surface area contributed by atoms with E-state index < -0.39 is 11.7 Å². The lowest BCUT2D eigenvalue weighted by molar-refractivity contribution is -0.0898. The van der Waals surface area contributed by atoms with E-state index in [1.54, 1.807) is 18.2 Å². The summed E-state index contributed by atoms with van der Waals surface area (Å²) in [6, 6.07) is 7.10. The topological polar surface area (TPSA) is 45.8 Å². The van der Waals surface area contributed by atoms with Gasteiger partial charge in [0.25, 0.3) is 5.56 Å². The maximum Gasteiger partial charge on any atom is 0.416 e. The second-order valence-electron chi connectivity index (χ2n) is 5.71. The van der Waals surface area contributed by atoms with Crippen molar-refractivity contribution in [3.05, 3.63) is 63.6 Å². The summed E-state index contributed by atoms with van der Waals surface area (Å²) in [6.07, 6.45) is -0.635. The van der Waals surface area contributed by atoms with E-state index >= 15 is 0 Å². The monoisotopic (exact) mass is 320 g/mol. The van der Waals surface area contributed by atoms with Gasteiger partial charge in [-0.1, -0.05) is 30.4 Å². The maximum atomic E-state index is 12.8. The van der Waals surface area contributed by atoms with Crippen LogP contribution in [-0.4, -0.2) is 16.4 Å². The minimum atomic E-state index is -4.31. The summed E-state index contributed by atoms with van der Waals surface area (Å²) < 4.78 is 38.5. The van der Waals surface area contributed by atoms with Crippen molar-refractivity contribution in [1.82, 2.24) is 10.2 Å². The lowest BCUT2D eigenvalue weighted by atomic mass is 9.87. The number of hydrogen-bond acceptors (Lipinski definition) is 2. The lowest BCUT2D eigenvalue weighted by Crippen LogP contribution is -2.18. The smallest absolute Gasteiger partial charge is 0.267 e. The number of benzene rings is 1. The number of allylic oxidation sites excluding steroid dienone is 4. The number of alkyl halides is 3. The molecule has 0 fully saturated rings. The van der Waals surface area contributed by atoms with E-state index in [2.05, 4.69) is 10.2 Å². The van der Waals surface area contributed by atoms with Crippen molar-refractivity contribution in [3.8, 4) is 0 Å². The molecule has 1 unspecified atom stereocenters. The number of halogens is 3. The molecule has 1 atom stereocenters. The van der Waals surface area contributed by atoms with Crippen LogP contribution in [0.15, 0.2) is 52.4 Å². The summed E-state index contributed by atoms with van der Waals surface area (Å²) in [6.45, 7) is 1.48. The molecule has 1 aliphatic rings. The Labute approximate surface area is 130 Å². The molecule has 1 aromatic carbocycles. The Hall–Kier alpha value is -2.37. The van der Waals surface area contributed by atoms with Crippen molar-refractivity contribution in [2.75, 3.05) is 0 Å². The molecule has 1 heterocycles. The molecule has 0 bridgehead atoms. The number of hydrogen-bond donors (Lipinski definition) is 1. The molecule has 3 rings (SSSR count). The zero-order valence-electron chi connectivity index (χ0n) is 12.4. The van der Waals surface area contributed by atoms with Gasteiger partial charge in [-0.3, -0.25) is 4.79 Å². The fraction of sp³-hybridized carbons (Fsp3) is 0.294. The highest BCUT2D eigenvalue weighted by Crippen LogP contribution is 2.36. The third-order valence-electron chi connectivity index (χ3n) is 4.07. The fourth-order valence-corrected chi connectivity index (χ4v) is 3.00. The highest BCUT2D eigenvalue weighted by molar-refractivity contribution is 5.83. The molecule has 23 heavy (non-hydrogen) atoms. The first-order valence-corrected chi connectivity index (χ1v) is 7.28. The summed E-state index contributed by atoms with van der Waals surface area (Å²) in [5.41, 5.74) is 0.104. The van der Waals surface area contributed by atoms with Crippen molar-refractivity contribution in [1.29, 1.82) is 0 Å². The van der Waals surface area contributed by atoms with Gasteiger partial charge in [0.2, 0.25) is 0 Å². The van der Waals surface area contributed by atoms with E-state index in [0.29, 0.717) is 23.9 Å². The second-order valence-corrected chi connectivity index (χ2v) is 5.71. The zero-order valence-corrected chi connectivity index (χ0v) is 12.4. The van der Waals surface area contributed by atoms with Crippen molar-refractivity contribution < 1.29 is 13.2 Å². The third-order valence-corrected chi connectivity index (χ3v) is 4.07. The van der Waals surface area contributed by atoms with Gasteiger partial charge in [-0.15, -0.1) is 0 Å². The highest BCUT2D eigenvalue weighted by atomic mass is 19.4. The Balaban J connectivity index is 1.89. The van der Waals surface area contributed by atoms with Crippen molar-refractivity contribution in [2.45, 2.75) is 25.9 Å². The van der Waals surface area contributed by atoms with E-state index in [1.807, 2.05) is 12.1 Å². The minimum absolute atomic E-state index is 0.0668. The Morgan fingerprint density at radius 3 is 2.61 bits per heavy atom. The molecule has 1 N–H and O–H groups in total. The standard InChI is InChI=1S/C17H15F3N2O/c1-10-8-11(6-7-14(10)17(18,19)20)9-15-12-4-2-3-5-13(12)16(23)22-21-15/h2-5,7-8,11H,6,9H2,1H3,(H,22,23). The largest absolute Gasteiger partial charge is 0.416 e. The number of nitrogens with zero attached hydrogens (tertiary/aromatic N) is 1. The van der Waals surface area contributed by atoms with Gasteiger partial charge in [0, 0.05) is 5.39 Å². The predicted molar refractivity (Wildman–Crippen MR) is 82.1 cm³/mol. The summed E-state index contributed by atoms with van der Waals surface area (Å²) in [5, 5.41) is 7.82. The van der Waals surface area contributed by atoms with E-state index in [4.69, 9.17) is 0 Å². The zero-order chi connectivity index (χ0) is 16.6. The van der Waals surface area contributed by atoms with Gasteiger partial charge < -0.3 is 0 Å². The van der Waals surface area contributed by atoms with Gasteiger partial charge in [-0.2, -0.15) is 18.3 Å². The molecule has 120 valence electrons. The van der Waals surface area contributed by atoms with E-state index in [-0.39, 0.29) is 17.1 Å². The Morgan fingerprint density at radius 2 is 1.96 bits per heavy atom. The van der Waals surface area contributed by atoms with Crippen molar-refractivity contribution >= 4 is 10.8 Å². The van der Waals surface area contributed by atoms with Crippen LogP contribution in [0.5, 0.6) is 0 Å². The van der Waals surface area contributed by atoms with E-state index in [9.17, 15) is 18.0 Å². The SMILES string of the molecule is CC1=CC(Cc2n[nH]c(=O)c3ccccc23)CC=C1C(F)(F)F. The molecule has 0 radical (unpaired) electrons. The average Bonchev–Trinajstić information content (AvgIpc) is 2.49. The summed E-state index contributed by atoms with van der Waals surface area (Å²) in [7, 11) is 0. The normalized spacial score (nSPS) is 18.7. The second kappa shape index (κ2) is 5.68. The Bertz CT molecular complexity index is 862. The minimum Gasteiger partial charge on any atom is -0.267 e. The van der Waals surface area contributed by atoms with E-state index in [0.717, 1.165) is 5.39 Å². The first kappa shape index (κ1) is 15.5. The molecule has 1 aromatic heterocycles. The third kappa shape index (κ3) is 3.06. The quantitative estimate of drug-likeness (QED) is 0.911. The average molecular weight is 320 g/mol. The first-order chi connectivity index (χ1) is 10.9. The molecule has 0 saturated carbocycles. The summed E-state index contributed by atoms with van der Waals surface area (Å²) in [5.74, 6) is -0.0668. The van der Waals surface area contributed by atoms with Crippen LogP contribution in [0.25, 0.3) is 10.8 Å². The number of aromatic nitrogens is 2. The molecule has 0 amide bonds. The van der Waals surface area contributed by atoms with Crippen LogP contribution in [0.2, 0.25) is 0 Å². The van der Waals surface area contributed by atoms with Crippen LogP contribution in [0.1, 0.15) is 19.0 Å². The summed E-state index contributed by atoms with van der Waals surface area (Å²) >= 11 is 0. The Kier molecular flexibility index (Phi) is 3.83. The highest BCUT2D eigenvalue weighted by Gasteiger charge is 2.36. The van der Waals surface area contributed by atoms with Crippen LogP contribution in [0, 0.1) is 5.92 Å². The van der Waals surface area contributed by atoms with Gasteiger partial charge in [-0.05, 0) is 37.3 Å². The van der Waals surface area contributed by atoms with Crippen LogP contribution in [-0.2, 0) is 6.42 Å². The fourth-order valence-electron chi connectivity index (χ4n) is 3.00. The van der Waals surface area contributed by atoms with Crippen molar-refractivity contribution in [3.63, 3.8) is 0 Å². The molecule has 0 saturated heterocycles. The van der Waals surface area contributed by atoms with Crippen LogP contribution < -0.4 is 5.56 Å². The van der Waals surface area contributed by atoms with Gasteiger partial charge in [-0.25, -0.2) is 5.10 Å². The molecule has 2 aromatic rings. The molecule has 0 aliphatic heterocycles. The van der Waals surface area contributed by atoms with Gasteiger partial charge >= 0.3 is 6.18 Å². The maximum absolute atomic E-state index is 12.8. The van der Waals surface area contributed by atoms with Gasteiger partial charge in [0.05, 0.1) is 16.7 Å². The molecule has 3 nitrogen and oxygen atoms in total. The van der Waals surface area contributed by atoms with Crippen LogP contribution in [0.4, 0.5) is 13.2 Å². The molecular formula is C17H15F3N2O. The lowest BCUT2D eigenvalue weighted by Gasteiger charge is -2.21. The predicted octanol–water partition coefficient (Wildman–Crippen LogP) is 3.92. The number of rotatable bonds is 2. The van der Waals surface area contributed by atoms with E-state index in [1.165, 1.54) is 13.0 Å². The molecule has 1 aliphatic carbocycles. The van der Waals surface area contributed by atoms with Crippen molar-refractivity contribution in [2.24, 2.45) is 5.92 Å². The number of nitrogens with one attached hydrogen (secondary N) is 1. The molecule has 0 spiro atoms. The van der Waals surface area contributed by atoms with Crippen LogP contribution in [0.3, 0.4) is 0 Å². The molecular weight excluding hydrogens is 305 g/mol. The number of fused-ring (bicyclic) bond motifs is 1. The number of H-pyrrole nitrogens is 1. The summed E-state index contributed by atoms with van der Waals surface area (Å²) in [4.78, 5) is 11.8. The first-order valence-electron chi connectivity index (χ1n) is 7.28. The number of aromatic amines is 1.